The highest BCUT2D eigenvalue weighted by Crippen LogP contribution is 2.47. The molecule has 1 aliphatic heterocycles. The molecule has 0 spiro atoms. The third kappa shape index (κ3) is 4.42. The highest BCUT2D eigenvalue weighted by Gasteiger charge is 2.34. The van der Waals surface area contributed by atoms with Crippen molar-refractivity contribution in [3.05, 3.63) is 139 Å². The SMILES string of the molecule is C[C@H](CN=Cc1ccccc1B1Oc2ccc3ccccc3c2-c2c(ccc3ccccc23)O1)c1ccccc1. The van der Waals surface area contributed by atoms with Crippen molar-refractivity contribution in [3.63, 3.8) is 0 Å². The molecule has 1 atom stereocenters. The number of rotatable bonds is 5. The molecule has 192 valence electrons. The smallest absolute Gasteiger partial charge is 0.521 e. The summed E-state index contributed by atoms with van der Waals surface area (Å²) in [7, 11) is -0.628. The molecule has 6 aromatic carbocycles. The predicted octanol–water partition coefficient (Wildman–Crippen LogP) is 8.05. The van der Waals surface area contributed by atoms with Crippen LogP contribution in [0, 0.1) is 0 Å². The third-order valence-corrected chi connectivity index (χ3v) is 7.73. The van der Waals surface area contributed by atoms with Crippen molar-refractivity contribution < 1.29 is 9.31 Å². The Balaban J connectivity index is 1.32. The van der Waals surface area contributed by atoms with Gasteiger partial charge in [0.1, 0.15) is 11.5 Å². The van der Waals surface area contributed by atoms with Crippen LogP contribution < -0.4 is 14.8 Å². The van der Waals surface area contributed by atoms with Crippen molar-refractivity contribution >= 4 is 40.3 Å². The zero-order valence-corrected chi connectivity index (χ0v) is 22.3. The summed E-state index contributed by atoms with van der Waals surface area (Å²) in [5, 5.41) is 4.63. The highest BCUT2D eigenvalue weighted by atomic mass is 16.6. The van der Waals surface area contributed by atoms with Gasteiger partial charge in [-0.15, -0.1) is 0 Å². The van der Waals surface area contributed by atoms with Crippen LogP contribution in [-0.2, 0) is 0 Å². The van der Waals surface area contributed by atoms with Crippen LogP contribution in [0.15, 0.2) is 132 Å². The number of hydrogen-bond donors (Lipinski definition) is 0. The van der Waals surface area contributed by atoms with E-state index in [1.165, 1.54) is 16.3 Å². The summed E-state index contributed by atoms with van der Waals surface area (Å²) in [6, 6.07) is 44.0. The van der Waals surface area contributed by atoms with Gasteiger partial charge in [0.15, 0.2) is 0 Å². The minimum Gasteiger partial charge on any atom is -0.521 e. The Morgan fingerprint density at radius 2 is 1.18 bits per heavy atom. The third-order valence-electron chi connectivity index (χ3n) is 7.73. The first kappa shape index (κ1) is 24.2. The van der Waals surface area contributed by atoms with Gasteiger partial charge >= 0.3 is 7.12 Å². The summed E-state index contributed by atoms with van der Waals surface area (Å²) in [6.45, 7) is 2.91. The van der Waals surface area contributed by atoms with Crippen molar-refractivity contribution in [2.75, 3.05) is 6.54 Å². The van der Waals surface area contributed by atoms with Crippen molar-refractivity contribution in [2.24, 2.45) is 4.99 Å². The lowest BCUT2D eigenvalue weighted by Crippen LogP contribution is -2.44. The van der Waals surface area contributed by atoms with Crippen LogP contribution in [0.5, 0.6) is 11.5 Å². The van der Waals surface area contributed by atoms with Gasteiger partial charge in [0.05, 0.1) is 0 Å². The monoisotopic (exact) mass is 517 g/mol. The van der Waals surface area contributed by atoms with Gasteiger partial charge in [-0.25, -0.2) is 0 Å². The average Bonchev–Trinajstić information content (AvgIpc) is 3.19. The molecule has 0 bridgehead atoms. The molecule has 0 amide bonds. The molecule has 6 aromatic rings. The van der Waals surface area contributed by atoms with E-state index in [2.05, 4.69) is 116 Å². The molecule has 0 fully saturated rings. The Kier molecular flexibility index (Phi) is 6.29. The molecule has 0 saturated heterocycles. The van der Waals surface area contributed by atoms with Crippen LogP contribution in [0.1, 0.15) is 24.0 Å². The van der Waals surface area contributed by atoms with Crippen LogP contribution >= 0.6 is 0 Å². The Morgan fingerprint density at radius 3 is 1.82 bits per heavy atom. The fourth-order valence-corrected chi connectivity index (χ4v) is 5.64. The number of aliphatic imine (C=N–C) groups is 1. The average molecular weight is 517 g/mol. The molecule has 40 heavy (non-hydrogen) atoms. The maximum absolute atomic E-state index is 6.74. The second kappa shape index (κ2) is 10.4. The molecule has 1 heterocycles. The van der Waals surface area contributed by atoms with Gasteiger partial charge in [0.2, 0.25) is 0 Å². The first-order valence-corrected chi connectivity index (χ1v) is 13.8. The van der Waals surface area contributed by atoms with Gasteiger partial charge < -0.3 is 9.31 Å². The van der Waals surface area contributed by atoms with Crippen molar-refractivity contribution in [2.45, 2.75) is 12.8 Å². The van der Waals surface area contributed by atoms with Crippen molar-refractivity contribution in [1.29, 1.82) is 0 Å². The fraction of sp³-hybridized carbons (Fsp3) is 0.0833. The molecule has 7 rings (SSSR count). The lowest BCUT2D eigenvalue weighted by molar-refractivity contribution is 0.448. The molecule has 0 aliphatic carbocycles. The molecule has 1 aliphatic rings. The van der Waals surface area contributed by atoms with Gasteiger partial charge in [-0.05, 0) is 44.8 Å². The number of hydrogen-bond acceptors (Lipinski definition) is 3. The second-order valence-electron chi connectivity index (χ2n) is 10.3. The molecule has 0 N–H and O–H groups in total. The fourth-order valence-electron chi connectivity index (χ4n) is 5.64. The van der Waals surface area contributed by atoms with Gasteiger partial charge in [-0.3, -0.25) is 4.99 Å². The molecule has 0 aromatic heterocycles. The molecular formula is C36H28BNO2. The Morgan fingerprint density at radius 1 is 0.625 bits per heavy atom. The van der Waals surface area contributed by atoms with Crippen molar-refractivity contribution in [1.82, 2.24) is 0 Å². The quantitative estimate of drug-likeness (QED) is 0.171. The van der Waals surface area contributed by atoms with E-state index < -0.39 is 7.12 Å². The first-order chi connectivity index (χ1) is 19.8. The molecular weight excluding hydrogens is 489 g/mol. The molecule has 3 nitrogen and oxygen atoms in total. The lowest BCUT2D eigenvalue weighted by Gasteiger charge is -2.16. The normalized spacial score (nSPS) is 13.4. The van der Waals surface area contributed by atoms with E-state index >= 15 is 0 Å². The van der Waals surface area contributed by atoms with Crippen LogP contribution in [-0.4, -0.2) is 19.9 Å². The predicted molar refractivity (Wildman–Crippen MR) is 167 cm³/mol. The molecule has 0 saturated carbocycles. The highest BCUT2D eigenvalue weighted by molar-refractivity contribution is 6.64. The van der Waals surface area contributed by atoms with E-state index in [1.54, 1.807) is 0 Å². The van der Waals surface area contributed by atoms with Gasteiger partial charge in [0, 0.05) is 35.3 Å². The summed E-state index contributed by atoms with van der Waals surface area (Å²) in [4.78, 5) is 4.83. The number of benzene rings is 6. The first-order valence-electron chi connectivity index (χ1n) is 13.8. The zero-order valence-electron chi connectivity index (χ0n) is 22.3. The van der Waals surface area contributed by atoms with Gasteiger partial charge in [-0.2, -0.15) is 0 Å². The second-order valence-corrected chi connectivity index (χ2v) is 10.3. The van der Waals surface area contributed by atoms with E-state index in [0.29, 0.717) is 12.5 Å². The summed E-state index contributed by atoms with van der Waals surface area (Å²) in [5.41, 5.74) is 5.35. The topological polar surface area (TPSA) is 30.8 Å². The Bertz CT molecular complexity index is 1780. The maximum Gasteiger partial charge on any atom is 0.633 e. The summed E-state index contributed by atoms with van der Waals surface area (Å²) < 4.78 is 13.5. The lowest BCUT2D eigenvalue weighted by atomic mass is 9.75. The zero-order chi connectivity index (χ0) is 26.9. The van der Waals surface area contributed by atoms with Gasteiger partial charge in [0.25, 0.3) is 0 Å². The molecule has 0 radical (unpaired) electrons. The maximum atomic E-state index is 6.74. The largest absolute Gasteiger partial charge is 0.633 e. The van der Waals surface area contributed by atoms with Gasteiger partial charge in [-0.1, -0.05) is 122 Å². The van der Waals surface area contributed by atoms with E-state index in [9.17, 15) is 0 Å². The molecule has 4 heteroatoms. The molecule has 0 unspecified atom stereocenters. The summed E-state index contributed by atoms with van der Waals surface area (Å²) in [6.07, 6.45) is 1.95. The number of fused-ring (bicyclic) bond motifs is 7. The Hall–Kier alpha value is -4.83. The standard InChI is InChI=1S/C36H28BNO2/c1-25(26-11-3-2-4-12-26)23-38-24-29-15-7-10-18-32(29)37-39-33-21-19-27-13-5-8-16-30(27)35(33)36-31-17-9-6-14-28(31)20-22-34(36)40-37/h2-22,24-25H,23H2,1H3/t25-/m1/s1. The van der Waals surface area contributed by atoms with Crippen LogP contribution in [0.25, 0.3) is 32.7 Å². The minimum atomic E-state index is -0.628. The van der Waals surface area contributed by atoms with E-state index in [-0.39, 0.29) is 0 Å². The Labute approximate surface area is 234 Å². The minimum absolute atomic E-state index is 0.329. The van der Waals surface area contributed by atoms with E-state index in [0.717, 1.165) is 44.4 Å². The summed E-state index contributed by atoms with van der Waals surface area (Å²) >= 11 is 0. The number of nitrogens with zero attached hydrogens (tertiary/aromatic N) is 1. The van der Waals surface area contributed by atoms with Crippen LogP contribution in [0.3, 0.4) is 0 Å². The van der Waals surface area contributed by atoms with Crippen LogP contribution in [0.2, 0.25) is 0 Å². The van der Waals surface area contributed by atoms with Crippen LogP contribution in [0.4, 0.5) is 0 Å². The van der Waals surface area contributed by atoms with Crippen molar-refractivity contribution in [3.8, 4) is 22.6 Å². The van der Waals surface area contributed by atoms with E-state index in [1.807, 2.05) is 24.4 Å². The summed E-state index contributed by atoms with van der Waals surface area (Å²) in [5.74, 6) is 1.95. The van der Waals surface area contributed by atoms with E-state index in [4.69, 9.17) is 14.3 Å².